The molecule has 0 aromatic heterocycles. The van der Waals surface area contributed by atoms with E-state index in [0.717, 1.165) is 69.0 Å². The molecule has 0 amide bonds. The van der Waals surface area contributed by atoms with Crippen LogP contribution in [0.15, 0.2) is 72.8 Å². The number of benzene rings is 4. The van der Waals surface area contributed by atoms with Gasteiger partial charge in [0, 0.05) is 5.69 Å². The molecule has 1 unspecified atom stereocenters. The van der Waals surface area contributed by atoms with Crippen molar-refractivity contribution in [1.29, 1.82) is 0 Å². The minimum absolute atomic E-state index is 0.451. The molecule has 4 aromatic carbocycles. The molecule has 0 aliphatic carbocycles. The smallest absolute Gasteiger partial charge is 0.493 e. The standard InChI is InChI=1S/C42H53B2NO6/c1-11-13-14-28(12-2)27-46-34-20-16-29-23-33(19-15-30(29)24-34)45-35-21-17-31(43-48-39(3,4)40(5,6)49-43)25-37(35)47-38-26-32(18-22-36(38)45)44-50-41(7,8)42(9,10)51-44/h15-26,28H,11-14,27H2,1-10H3. The van der Waals surface area contributed by atoms with E-state index in [2.05, 4.69) is 135 Å². The zero-order valence-electron chi connectivity index (χ0n) is 32.1. The molecule has 7 nitrogen and oxygen atoms in total. The van der Waals surface area contributed by atoms with Gasteiger partial charge in [0.2, 0.25) is 0 Å². The van der Waals surface area contributed by atoms with Crippen molar-refractivity contribution < 1.29 is 28.1 Å². The van der Waals surface area contributed by atoms with Gasteiger partial charge in [-0.2, -0.15) is 0 Å². The number of anilines is 3. The van der Waals surface area contributed by atoms with Crippen LogP contribution in [0, 0.1) is 5.92 Å². The fraction of sp³-hybridized carbons (Fsp3) is 0.476. The summed E-state index contributed by atoms with van der Waals surface area (Å²) in [6, 6.07) is 25.4. The third-order valence-electron chi connectivity index (χ3n) is 11.8. The number of nitrogens with zero attached hydrogens (tertiary/aromatic N) is 1. The summed E-state index contributed by atoms with van der Waals surface area (Å²) in [5.41, 5.74) is 2.90. The normalized spacial score (nSPS) is 20.2. The quantitative estimate of drug-likeness (QED) is 0.135. The summed E-state index contributed by atoms with van der Waals surface area (Å²) in [5, 5.41) is 2.27. The molecule has 0 bridgehead atoms. The van der Waals surface area contributed by atoms with Crippen LogP contribution in [0.25, 0.3) is 10.8 Å². The van der Waals surface area contributed by atoms with Gasteiger partial charge >= 0.3 is 14.2 Å². The molecule has 0 spiro atoms. The van der Waals surface area contributed by atoms with E-state index in [0.29, 0.717) is 5.92 Å². The van der Waals surface area contributed by atoms with Gasteiger partial charge in [-0.25, -0.2) is 0 Å². The Bertz CT molecular complexity index is 1810. The lowest BCUT2D eigenvalue weighted by Gasteiger charge is -2.34. The van der Waals surface area contributed by atoms with Crippen LogP contribution in [0.3, 0.4) is 0 Å². The molecule has 7 rings (SSSR count). The first kappa shape index (κ1) is 35.9. The van der Waals surface area contributed by atoms with Gasteiger partial charge in [-0.15, -0.1) is 0 Å². The van der Waals surface area contributed by atoms with Gasteiger partial charge in [-0.05, 0) is 138 Å². The Balaban J connectivity index is 1.24. The van der Waals surface area contributed by atoms with Crippen LogP contribution in [0.4, 0.5) is 17.1 Å². The fourth-order valence-corrected chi connectivity index (χ4v) is 6.92. The second-order valence-corrected chi connectivity index (χ2v) is 16.5. The molecule has 51 heavy (non-hydrogen) atoms. The summed E-state index contributed by atoms with van der Waals surface area (Å²) in [6.45, 7) is 21.8. The maximum Gasteiger partial charge on any atom is 0.494 e. The van der Waals surface area contributed by atoms with Crippen LogP contribution >= 0.6 is 0 Å². The summed E-state index contributed by atoms with van der Waals surface area (Å²) in [6.07, 6.45) is 4.81. The Labute approximate surface area is 305 Å². The molecule has 3 aliphatic heterocycles. The van der Waals surface area contributed by atoms with Gasteiger partial charge in [0.1, 0.15) is 5.75 Å². The first-order valence-electron chi connectivity index (χ1n) is 18.7. The molecule has 4 aromatic rings. The van der Waals surface area contributed by atoms with Crippen LogP contribution in [0.5, 0.6) is 17.2 Å². The number of ether oxygens (including phenoxy) is 2. The van der Waals surface area contributed by atoms with Crippen molar-refractivity contribution in [2.24, 2.45) is 5.92 Å². The fourth-order valence-electron chi connectivity index (χ4n) is 6.92. The monoisotopic (exact) mass is 689 g/mol. The van der Waals surface area contributed by atoms with Crippen molar-refractivity contribution in [3.8, 4) is 17.2 Å². The van der Waals surface area contributed by atoms with Gasteiger partial charge in [-0.3, -0.25) is 0 Å². The summed E-state index contributed by atoms with van der Waals surface area (Å²) in [4.78, 5) is 2.26. The minimum Gasteiger partial charge on any atom is -0.493 e. The number of fused-ring (bicyclic) bond motifs is 3. The lowest BCUT2D eigenvalue weighted by molar-refractivity contribution is 0.00578. The van der Waals surface area contributed by atoms with Crippen molar-refractivity contribution in [1.82, 2.24) is 0 Å². The largest absolute Gasteiger partial charge is 0.494 e. The van der Waals surface area contributed by atoms with Crippen LogP contribution in [0.2, 0.25) is 0 Å². The van der Waals surface area contributed by atoms with E-state index >= 15 is 0 Å². The number of hydrogen-bond donors (Lipinski definition) is 0. The Kier molecular flexibility index (Phi) is 9.27. The molecule has 268 valence electrons. The predicted molar refractivity (Wildman–Crippen MR) is 209 cm³/mol. The van der Waals surface area contributed by atoms with Crippen molar-refractivity contribution in [2.45, 2.75) is 117 Å². The Hall–Kier alpha value is -3.49. The Morgan fingerprint density at radius 2 is 1.14 bits per heavy atom. The topological polar surface area (TPSA) is 58.6 Å². The highest BCUT2D eigenvalue weighted by atomic mass is 16.7. The van der Waals surface area contributed by atoms with Crippen LogP contribution < -0.4 is 25.3 Å². The molecule has 3 heterocycles. The first-order valence-corrected chi connectivity index (χ1v) is 18.7. The van der Waals surface area contributed by atoms with E-state index in [9.17, 15) is 0 Å². The van der Waals surface area contributed by atoms with E-state index < -0.39 is 36.6 Å². The highest BCUT2D eigenvalue weighted by Gasteiger charge is 2.53. The zero-order chi connectivity index (χ0) is 36.3. The summed E-state index contributed by atoms with van der Waals surface area (Å²) >= 11 is 0. The molecule has 9 heteroatoms. The van der Waals surface area contributed by atoms with Crippen molar-refractivity contribution in [3.05, 3.63) is 72.8 Å². The number of unbranched alkanes of at least 4 members (excludes halogenated alkanes) is 1. The summed E-state index contributed by atoms with van der Waals surface area (Å²) in [7, 11) is -1.02. The maximum absolute atomic E-state index is 6.74. The predicted octanol–water partition coefficient (Wildman–Crippen LogP) is 9.61. The van der Waals surface area contributed by atoms with Crippen LogP contribution in [-0.2, 0) is 18.6 Å². The van der Waals surface area contributed by atoms with Crippen LogP contribution in [0.1, 0.15) is 94.9 Å². The van der Waals surface area contributed by atoms with E-state index in [1.54, 1.807) is 0 Å². The lowest BCUT2D eigenvalue weighted by atomic mass is 9.78. The highest BCUT2D eigenvalue weighted by molar-refractivity contribution is 6.62. The Morgan fingerprint density at radius 1 is 0.627 bits per heavy atom. The maximum atomic E-state index is 6.74. The van der Waals surface area contributed by atoms with E-state index in [1.165, 1.54) is 19.3 Å². The first-order chi connectivity index (χ1) is 24.1. The summed E-state index contributed by atoms with van der Waals surface area (Å²) < 4.78 is 38.7. The Morgan fingerprint density at radius 3 is 1.65 bits per heavy atom. The molecular weight excluding hydrogens is 636 g/mol. The van der Waals surface area contributed by atoms with Crippen LogP contribution in [-0.4, -0.2) is 43.2 Å². The highest BCUT2D eigenvalue weighted by Crippen LogP contribution is 2.51. The average molecular weight is 690 g/mol. The lowest BCUT2D eigenvalue weighted by Crippen LogP contribution is -2.41. The minimum atomic E-state index is -0.508. The number of rotatable bonds is 10. The average Bonchev–Trinajstić information content (AvgIpc) is 3.45. The van der Waals surface area contributed by atoms with E-state index in [4.69, 9.17) is 28.1 Å². The van der Waals surface area contributed by atoms with E-state index in [-0.39, 0.29) is 0 Å². The van der Waals surface area contributed by atoms with Gasteiger partial charge in [0.15, 0.2) is 11.5 Å². The number of hydrogen-bond acceptors (Lipinski definition) is 7. The molecule has 2 saturated heterocycles. The SMILES string of the molecule is CCCCC(CC)COc1ccc2cc(N3c4ccc(B5OC(C)(C)C(C)(C)O5)cc4Oc4cc(B5OC(C)(C)C(C)(C)O5)ccc43)ccc2c1. The van der Waals surface area contributed by atoms with Crippen molar-refractivity contribution >= 4 is 53.0 Å². The molecule has 1 atom stereocenters. The molecule has 0 saturated carbocycles. The molecule has 0 radical (unpaired) electrons. The zero-order valence-corrected chi connectivity index (χ0v) is 32.1. The third-order valence-corrected chi connectivity index (χ3v) is 11.8. The molecular formula is C42H53B2NO6. The molecule has 3 aliphatic rings. The second kappa shape index (κ2) is 13.2. The van der Waals surface area contributed by atoms with Crippen molar-refractivity contribution in [2.75, 3.05) is 11.5 Å². The third kappa shape index (κ3) is 6.67. The van der Waals surface area contributed by atoms with Crippen molar-refractivity contribution in [3.63, 3.8) is 0 Å². The van der Waals surface area contributed by atoms with Gasteiger partial charge in [0.05, 0.1) is 40.4 Å². The summed E-state index contributed by atoms with van der Waals surface area (Å²) in [5.74, 6) is 2.94. The molecule has 0 N–H and O–H groups in total. The second-order valence-electron chi connectivity index (χ2n) is 16.5. The van der Waals surface area contributed by atoms with Gasteiger partial charge in [-0.1, -0.05) is 57.4 Å². The molecule has 2 fully saturated rings. The van der Waals surface area contributed by atoms with Gasteiger partial charge < -0.3 is 33.0 Å². The van der Waals surface area contributed by atoms with E-state index in [1.807, 2.05) is 12.1 Å². The van der Waals surface area contributed by atoms with Gasteiger partial charge in [0.25, 0.3) is 0 Å².